The first-order valence-corrected chi connectivity index (χ1v) is 5.71. The lowest BCUT2D eigenvalue weighted by atomic mass is 9.69. The summed E-state index contributed by atoms with van der Waals surface area (Å²) in [6.07, 6.45) is 8.22. The van der Waals surface area contributed by atoms with E-state index in [2.05, 4.69) is 21.0 Å². The number of aromatic amines is 1. The van der Waals surface area contributed by atoms with Gasteiger partial charge in [0.25, 0.3) is 0 Å². The molecule has 1 fully saturated rings. The van der Waals surface area contributed by atoms with Crippen molar-refractivity contribution in [2.75, 3.05) is 0 Å². The third-order valence-electron chi connectivity index (χ3n) is 3.44. The summed E-state index contributed by atoms with van der Waals surface area (Å²) >= 11 is 0. The highest BCUT2D eigenvalue weighted by atomic mass is 14.9. The molecule has 0 radical (unpaired) electrons. The van der Waals surface area contributed by atoms with E-state index < -0.39 is 0 Å². The quantitative estimate of drug-likeness (QED) is 0.851. The zero-order valence-electron chi connectivity index (χ0n) is 9.35. The smallest absolute Gasteiger partial charge is 0.127 e. The lowest BCUT2D eigenvalue weighted by Crippen LogP contribution is -2.33. The molecule has 1 N–H and O–H groups in total. The van der Waals surface area contributed by atoms with E-state index >= 15 is 0 Å². The highest BCUT2D eigenvalue weighted by Crippen LogP contribution is 2.42. The Morgan fingerprint density at radius 1 is 1.29 bits per heavy atom. The maximum Gasteiger partial charge on any atom is 0.127 e. The van der Waals surface area contributed by atoms with Gasteiger partial charge in [0.15, 0.2) is 0 Å². The molecular weight excluding hydrogens is 212 g/mol. The van der Waals surface area contributed by atoms with E-state index in [1.807, 2.05) is 12.1 Å². The molecule has 0 aromatic carbocycles. The van der Waals surface area contributed by atoms with Crippen LogP contribution >= 0.6 is 0 Å². The van der Waals surface area contributed by atoms with Crippen molar-refractivity contribution >= 4 is 0 Å². The van der Waals surface area contributed by atoms with Gasteiger partial charge in [0, 0.05) is 18.0 Å². The van der Waals surface area contributed by atoms with Crippen molar-refractivity contribution in [2.45, 2.75) is 24.7 Å². The summed E-state index contributed by atoms with van der Waals surface area (Å²) in [5.74, 6) is 0.804. The monoisotopic (exact) mass is 224 g/mol. The van der Waals surface area contributed by atoms with Crippen LogP contribution in [-0.4, -0.2) is 15.0 Å². The summed E-state index contributed by atoms with van der Waals surface area (Å²) in [7, 11) is 0. The van der Waals surface area contributed by atoms with Crippen molar-refractivity contribution in [3.8, 4) is 17.3 Å². The summed E-state index contributed by atoms with van der Waals surface area (Å²) < 4.78 is 0. The molecular formula is C13H12N4. The predicted octanol–water partition coefficient (Wildman–Crippen LogP) is 2.42. The summed E-state index contributed by atoms with van der Waals surface area (Å²) in [4.78, 5) is 11.6. The Hall–Kier alpha value is -2.15. The first-order chi connectivity index (χ1) is 8.34. The Morgan fingerprint density at radius 3 is 2.65 bits per heavy atom. The van der Waals surface area contributed by atoms with Crippen molar-refractivity contribution in [3.63, 3.8) is 0 Å². The number of rotatable bonds is 2. The molecule has 4 heteroatoms. The minimum Gasteiger partial charge on any atom is -0.341 e. The molecule has 4 nitrogen and oxygen atoms in total. The predicted molar refractivity (Wildman–Crippen MR) is 63.0 cm³/mol. The van der Waals surface area contributed by atoms with Crippen LogP contribution in [0.5, 0.6) is 0 Å². The Morgan fingerprint density at radius 2 is 2.06 bits per heavy atom. The number of nitrogens with zero attached hydrogens (tertiary/aromatic N) is 3. The number of nitriles is 1. The van der Waals surface area contributed by atoms with Gasteiger partial charge in [-0.15, -0.1) is 0 Å². The first-order valence-electron chi connectivity index (χ1n) is 5.71. The molecule has 1 aliphatic rings. The van der Waals surface area contributed by atoms with Crippen LogP contribution in [-0.2, 0) is 5.41 Å². The van der Waals surface area contributed by atoms with Crippen LogP contribution in [0.15, 0.2) is 30.7 Å². The molecule has 1 aliphatic carbocycles. The van der Waals surface area contributed by atoms with Gasteiger partial charge in [-0.1, -0.05) is 0 Å². The van der Waals surface area contributed by atoms with E-state index in [-0.39, 0.29) is 5.41 Å². The molecule has 84 valence electrons. The molecule has 0 bridgehead atoms. The number of nitrogens with one attached hydrogen (secondary N) is 1. The second kappa shape index (κ2) is 3.70. The molecule has 0 amide bonds. The molecule has 1 saturated carbocycles. The Kier molecular flexibility index (Phi) is 2.19. The van der Waals surface area contributed by atoms with Crippen LogP contribution in [0.1, 0.15) is 25.1 Å². The largest absolute Gasteiger partial charge is 0.341 e. The number of imidazole rings is 1. The van der Waals surface area contributed by atoms with Crippen molar-refractivity contribution in [1.82, 2.24) is 15.0 Å². The lowest BCUT2D eigenvalue weighted by Gasteiger charge is -2.32. The van der Waals surface area contributed by atoms with Crippen LogP contribution in [0.2, 0.25) is 0 Å². The molecule has 2 aromatic rings. The van der Waals surface area contributed by atoms with Gasteiger partial charge in [-0.05, 0) is 31.4 Å². The Bertz CT molecular complexity index is 561. The van der Waals surface area contributed by atoms with E-state index in [4.69, 9.17) is 0 Å². The summed E-state index contributed by atoms with van der Waals surface area (Å²) in [5, 5.41) is 9.25. The van der Waals surface area contributed by atoms with Crippen LogP contribution in [0.25, 0.3) is 11.3 Å². The fourth-order valence-corrected chi connectivity index (χ4v) is 2.17. The number of hydrogen-bond donors (Lipinski definition) is 1. The van der Waals surface area contributed by atoms with E-state index in [0.29, 0.717) is 0 Å². The first kappa shape index (κ1) is 10.0. The van der Waals surface area contributed by atoms with Crippen LogP contribution < -0.4 is 0 Å². The highest BCUT2D eigenvalue weighted by Gasteiger charge is 2.41. The van der Waals surface area contributed by atoms with E-state index in [9.17, 15) is 5.26 Å². The minimum absolute atomic E-state index is 0.370. The Labute approximate surface area is 99.3 Å². The van der Waals surface area contributed by atoms with Gasteiger partial charge < -0.3 is 4.98 Å². The number of hydrogen-bond acceptors (Lipinski definition) is 3. The van der Waals surface area contributed by atoms with Gasteiger partial charge in [-0.2, -0.15) is 5.26 Å². The molecule has 2 heterocycles. The van der Waals surface area contributed by atoms with Crippen LogP contribution in [0.4, 0.5) is 0 Å². The zero-order chi connectivity index (χ0) is 11.7. The number of aromatic nitrogens is 3. The minimum atomic E-state index is -0.370. The van der Waals surface area contributed by atoms with E-state index in [0.717, 1.165) is 36.3 Å². The van der Waals surface area contributed by atoms with Crippen molar-refractivity contribution in [1.29, 1.82) is 5.26 Å². The van der Waals surface area contributed by atoms with Crippen LogP contribution in [0, 0.1) is 11.3 Å². The molecule has 0 spiro atoms. The van der Waals surface area contributed by atoms with Crippen molar-refractivity contribution < 1.29 is 0 Å². The van der Waals surface area contributed by atoms with Crippen LogP contribution in [0.3, 0.4) is 0 Å². The second-order valence-electron chi connectivity index (χ2n) is 4.43. The maximum absolute atomic E-state index is 9.25. The fourth-order valence-electron chi connectivity index (χ4n) is 2.17. The molecule has 3 rings (SSSR count). The van der Waals surface area contributed by atoms with Gasteiger partial charge in [-0.3, -0.25) is 4.98 Å². The Balaban J connectivity index is 1.97. The standard InChI is InChI=1S/C13H12N4/c14-9-13(4-1-5-13)12-16-8-11(17-12)10-2-6-15-7-3-10/h2-3,6-8H,1,4-5H2,(H,16,17). The summed E-state index contributed by atoms with van der Waals surface area (Å²) in [6, 6.07) is 6.25. The van der Waals surface area contributed by atoms with Crippen molar-refractivity contribution in [3.05, 3.63) is 36.5 Å². The third-order valence-corrected chi connectivity index (χ3v) is 3.44. The van der Waals surface area contributed by atoms with E-state index in [1.165, 1.54) is 0 Å². The molecule has 0 atom stereocenters. The van der Waals surface area contributed by atoms with E-state index in [1.54, 1.807) is 18.6 Å². The average molecular weight is 224 g/mol. The second-order valence-corrected chi connectivity index (χ2v) is 4.43. The molecule has 2 aromatic heterocycles. The molecule has 0 aliphatic heterocycles. The highest BCUT2D eigenvalue weighted by molar-refractivity contribution is 5.57. The zero-order valence-corrected chi connectivity index (χ0v) is 9.35. The maximum atomic E-state index is 9.25. The molecule has 0 unspecified atom stereocenters. The van der Waals surface area contributed by atoms with Gasteiger partial charge in [-0.25, -0.2) is 4.98 Å². The van der Waals surface area contributed by atoms with Gasteiger partial charge in [0.2, 0.25) is 0 Å². The topological polar surface area (TPSA) is 65.4 Å². The van der Waals surface area contributed by atoms with Gasteiger partial charge >= 0.3 is 0 Å². The SMILES string of the molecule is N#CC1(c2ncc(-c3ccncc3)[nH]2)CCC1. The average Bonchev–Trinajstić information content (AvgIpc) is 2.80. The normalized spacial score (nSPS) is 17.1. The van der Waals surface area contributed by atoms with Crippen molar-refractivity contribution in [2.24, 2.45) is 0 Å². The number of H-pyrrole nitrogens is 1. The van der Waals surface area contributed by atoms with Gasteiger partial charge in [0.05, 0.1) is 18.0 Å². The molecule has 17 heavy (non-hydrogen) atoms. The number of pyridine rings is 1. The summed E-state index contributed by atoms with van der Waals surface area (Å²) in [5.41, 5.74) is 1.63. The lowest BCUT2D eigenvalue weighted by molar-refractivity contribution is 0.309. The van der Waals surface area contributed by atoms with Gasteiger partial charge in [0.1, 0.15) is 11.2 Å². The molecule has 0 saturated heterocycles. The third kappa shape index (κ3) is 1.51. The fraction of sp³-hybridized carbons (Fsp3) is 0.308. The summed E-state index contributed by atoms with van der Waals surface area (Å²) in [6.45, 7) is 0.